The second-order valence-corrected chi connectivity index (χ2v) is 5.88. The lowest BCUT2D eigenvalue weighted by Crippen LogP contribution is -2.39. The molecule has 0 aliphatic carbocycles. The molecule has 2 aromatic rings. The van der Waals surface area contributed by atoms with Crippen molar-refractivity contribution in [2.24, 2.45) is 5.73 Å². The van der Waals surface area contributed by atoms with E-state index in [2.05, 4.69) is 30.4 Å². The van der Waals surface area contributed by atoms with Gasteiger partial charge in [0.05, 0.1) is 0 Å². The minimum absolute atomic E-state index is 0.131. The van der Waals surface area contributed by atoms with Crippen molar-refractivity contribution in [2.75, 3.05) is 23.3 Å². The van der Waals surface area contributed by atoms with E-state index in [9.17, 15) is 4.79 Å². The molecule has 1 fully saturated rings. The van der Waals surface area contributed by atoms with E-state index >= 15 is 0 Å². The summed E-state index contributed by atoms with van der Waals surface area (Å²) >= 11 is 0. The highest BCUT2D eigenvalue weighted by molar-refractivity contribution is 5.64. The summed E-state index contributed by atoms with van der Waals surface area (Å²) in [5, 5.41) is 10.2. The molecule has 0 bridgehead atoms. The van der Waals surface area contributed by atoms with Crippen LogP contribution in [-0.2, 0) is 4.74 Å². The van der Waals surface area contributed by atoms with Crippen LogP contribution in [0.2, 0.25) is 0 Å². The molecule has 0 saturated carbocycles. The number of nitrogens with one attached hydrogen (secondary N) is 2. The summed E-state index contributed by atoms with van der Waals surface area (Å²) in [6.07, 6.45) is 0.567. The van der Waals surface area contributed by atoms with Gasteiger partial charge in [-0.3, -0.25) is 5.10 Å². The molecular formula is C15H21N7O2. The molecule has 0 unspecified atom stereocenters. The van der Waals surface area contributed by atoms with Gasteiger partial charge in [-0.2, -0.15) is 10.1 Å². The summed E-state index contributed by atoms with van der Waals surface area (Å²) < 4.78 is 5.05. The number of anilines is 3. The van der Waals surface area contributed by atoms with Gasteiger partial charge < -0.3 is 20.7 Å². The molecule has 0 spiro atoms. The van der Waals surface area contributed by atoms with E-state index < -0.39 is 6.09 Å². The van der Waals surface area contributed by atoms with Crippen LogP contribution in [0.1, 0.15) is 24.2 Å². The number of hydrogen-bond donors (Lipinski definition) is 3. The fourth-order valence-corrected chi connectivity index (χ4v) is 2.71. The lowest BCUT2D eigenvalue weighted by atomic mass is 10.1. The standard InChI is InChI=1S/C15H21N7O2/c1-9-7-12(18-13-8-10(2)20-21-13)19-15(17-9)22-5-3-11(4-6-22)24-14(16)23/h7-8,11H,3-6H2,1-2H3,(H2,16,23)(H2,17,18,19,20,21). The predicted molar refractivity (Wildman–Crippen MR) is 89.3 cm³/mol. The Morgan fingerprint density at radius 1 is 1.29 bits per heavy atom. The number of primary amides is 1. The quantitative estimate of drug-likeness (QED) is 0.778. The van der Waals surface area contributed by atoms with Gasteiger partial charge in [0.25, 0.3) is 0 Å². The molecule has 3 rings (SSSR count). The Balaban J connectivity index is 1.69. The second kappa shape index (κ2) is 6.73. The van der Waals surface area contributed by atoms with E-state index in [1.807, 2.05) is 26.0 Å². The predicted octanol–water partition coefficient (Wildman–Crippen LogP) is 1.62. The Morgan fingerprint density at radius 2 is 2.04 bits per heavy atom. The van der Waals surface area contributed by atoms with Crippen LogP contribution in [0.15, 0.2) is 12.1 Å². The Morgan fingerprint density at radius 3 is 2.67 bits per heavy atom. The normalized spacial score (nSPS) is 15.3. The zero-order valence-corrected chi connectivity index (χ0v) is 13.7. The Hall–Kier alpha value is -2.84. The molecular weight excluding hydrogens is 310 g/mol. The van der Waals surface area contributed by atoms with Gasteiger partial charge in [0.1, 0.15) is 11.9 Å². The summed E-state index contributed by atoms with van der Waals surface area (Å²) in [6, 6.07) is 3.78. The summed E-state index contributed by atoms with van der Waals surface area (Å²) in [5.74, 6) is 2.06. The molecule has 9 nitrogen and oxygen atoms in total. The number of ether oxygens (including phenoxy) is 1. The molecule has 2 aromatic heterocycles. The SMILES string of the molecule is Cc1cc(Nc2cc(C)[nH]n2)nc(N2CCC(OC(N)=O)CC2)n1. The minimum atomic E-state index is -0.721. The van der Waals surface area contributed by atoms with Crippen molar-refractivity contribution < 1.29 is 9.53 Å². The number of rotatable bonds is 4. The highest BCUT2D eigenvalue weighted by Gasteiger charge is 2.23. The number of nitrogens with zero attached hydrogens (tertiary/aromatic N) is 4. The summed E-state index contributed by atoms with van der Waals surface area (Å²) in [6.45, 7) is 5.28. The first-order valence-corrected chi connectivity index (χ1v) is 7.85. The third-order valence-electron chi connectivity index (χ3n) is 3.81. The van der Waals surface area contributed by atoms with Crippen LogP contribution >= 0.6 is 0 Å². The van der Waals surface area contributed by atoms with Crippen molar-refractivity contribution in [1.82, 2.24) is 20.2 Å². The zero-order valence-electron chi connectivity index (χ0n) is 13.7. The van der Waals surface area contributed by atoms with Gasteiger partial charge in [-0.1, -0.05) is 0 Å². The number of aromatic amines is 1. The molecule has 1 saturated heterocycles. The molecule has 128 valence electrons. The minimum Gasteiger partial charge on any atom is -0.446 e. The van der Waals surface area contributed by atoms with E-state index in [1.165, 1.54) is 0 Å². The average Bonchev–Trinajstić information content (AvgIpc) is 2.92. The number of aromatic nitrogens is 4. The Kier molecular flexibility index (Phi) is 4.50. The summed E-state index contributed by atoms with van der Waals surface area (Å²) in [4.78, 5) is 22.0. The maximum Gasteiger partial charge on any atom is 0.404 e. The largest absolute Gasteiger partial charge is 0.446 e. The van der Waals surface area contributed by atoms with E-state index in [0.717, 1.165) is 11.4 Å². The van der Waals surface area contributed by atoms with Crippen molar-refractivity contribution in [3.8, 4) is 0 Å². The van der Waals surface area contributed by atoms with Gasteiger partial charge >= 0.3 is 6.09 Å². The fraction of sp³-hybridized carbons (Fsp3) is 0.467. The van der Waals surface area contributed by atoms with Gasteiger partial charge in [0.2, 0.25) is 5.95 Å². The number of nitrogens with two attached hydrogens (primary N) is 1. The lowest BCUT2D eigenvalue weighted by Gasteiger charge is -2.31. The molecule has 3 heterocycles. The maximum atomic E-state index is 10.8. The maximum absolute atomic E-state index is 10.8. The highest BCUT2D eigenvalue weighted by atomic mass is 16.6. The number of aryl methyl sites for hydroxylation is 2. The van der Waals surface area contributed by atoms with Crippen molar-refractivity contribution in [1.29, 1.82) is 0 Å². The smallest absolute Gasteiger partial charge is 0.404 e. The topological polar surface area (TPSA) is 122 Å². The average molecular weight is 331 g/mol. The van der Waals surface area contributed by atoms with Crippen molar-refractivity contribution in [3.05, 3.63) is 23.5 Å². The van der Waals surface area contributed by atoms with Crippen molar-refractivity contribution in [3.63, 3.8) is 0 Å². The first kappa shape index (κ1) is 16.0. The molecule has 9 heteroatoms. The zero-order chi connectivity index (χ0) is 17.1. The van der Waals surface area contributed by atoms with Gasteiger partial charge in [0.15, 0.2) is 5.82 Å². The molecule has 1 aliphatic heterocycles. The Bertz CT molecular complexity index is 722. The van der Waals surface area contributed by atoms with Gasteiger partial charge in [-0.05, 0) is 13.8 Å². The third-order valence-corrected chi connectivity index (χ3v) is 3.81. The number of hydrogen-bond acceptors (Lipinski definition) is 7. The molecule has 0 radical (unpaired) electrons. The van der Waals surface area contributed by atoms with E-state index in [1.54, 1.807) is 0 Å². The molecule has 1 aliphatic rings. The van der Waals surface area contributed by atoms with Crippen LogP contribution in [0.5, 0.6) is 0 Å². The number of carbonyl (C=O) groups excluding carboxylic acids is 1. The number of amides is 1. The highest BCUT2D eigenvalue weighted by Crippen LogP contribution is 2.21. The molecule has 0 atom stereocenters. The van der Waals surface area contributed by atoms with Crippen LogP contribution < -0.4 is 16.0 Å². The number of carbonyl (C=O) groups is 1. The van der Waals surface area contributed by atoms with E-state index in [4.69, 9.17) is 10.5 Å². The third kappa shape index (κ3) is 3.92. The van der Waals surface area contributed by atoms with E-state index in [0.29, 0.717) is 43.5 Å². The first-order chi connectivity index (χ1) is 11.5. The van der Waals surface area contributed by atoms with Gasteiger partial charge in [-0.25, -0.2) is 9.78 Å². The monoisotopic (exact) mass is 331 g/mol. The van der Waals surface area contributed by atoms with Crippen molar-refractivity contribution in [2.45, 2.75) is 32.8 Å². The number of H-pyrrole nitrogens is 1. The summed E-state index contributed by atoms with van der Waals surface area (Å²) in [7, 11) is 0. The second-order valence-electron chi connectivity index (χ2n) is 5.88. The summed E-state index contributed by atoms with van der Waals surface area (Å²) in [5.41, 5.74) is 6.91. The van der Waals surface area contributed by atoms with Crippen LogP contribution in [0.25, 0.3) is 0 Å². The molecule has 0 aromatic carbocycles. The van der Waals surface area contributed by atoms with Gasteiger partial charge in [-0.15, -0.1) is 0 Å². The van der Waals surface area contributed by atoms with Gasteiger partial charge in [0, 0.05) is 49.5 Å². The van der Waals surface area contributed by atoms with Crippen LogP contribution in [0.3, 0.4) is 0 Å². The molecule has 24 heavy (non-hydrogen) atoms. The van der Waals surface area contributed by atoms with Crippen molar-refractivity contribution >= 4 is 23.7 Å². The molecule has 4 N–H and O–H groups in total. The first-order valence-electron chi connectivity index (χ1n) is 7.85. The number of piperidine rings is 1. The van der Waals surface area contributed by atoms with Crippen LogP contribution in [0.4, 0.5) is 22.4 Å². The fourth-order valence-electron chi connectivity index (χ4n) is 2.71. The lowest BCUT2D eigenvalue weighted by molar-refractivity contribution is 0.0911. The van der Waals surface area contributed by atoms with E-state index in [-0.39, 0.29) is 6.10 Å². The Labute approximate surface area is 139 Å². The van der Waals surface area contributed by atoms with Crippen LogP contribution in [-0.4, -0.2) is 45.5 Å². The molecule has 1 amide bonds. The van der Waals surface area contributed by atoms with Crippen LogP contribution in [0, 0.1) is 13.8 Å².